The lowest BCUT2D eigenvalue weighted by Crippen LogP contribution is -2.47. The molecule has 262 valence electrons. The zero-order valence-corrected chi connectivity index (χ0v) is 28.1. The molecule has 0 bridgehead atoms. The number of nitrogens with one attached hydrogen (secondary N) is 1. The van der Waals surface area contributed by atoms with Crippen LogP contribution in [0.25, 0.3) is 0 Å². The highest BCUT2D eigenvalue weighted by Gasteiger charge is 2.35. The highest BCUT2D eigenvalue weighted by Crippen LogP contribution is 2.25. The first-order valence-corrected chi connectivity index (χ1v) is 16.0. The number of hydrogen-bond donors (Lipinski definition) is 7. The Hall–Kier alpha value is -3.26. The number of allylic oxidation sites excluding steroid dienone is 9. The summed E-state index contributed by atoms with van der Waals surface area (Å²) in [6.07, 6.45) is 8.47. The fraction of sp³-hybridized carbons (Fsp3) is 0.515. The lowest BCUT2D eigenvalue weighted by molar-refractivity contribution is -0.144. The number of ketones is 1. The fourth-order valence-electron chi connectivity index (χ4n) is 4.58. The van der Waals surface area contributed by atoms with Gasteiger partial charge in [-0.3, -0.25) is 14.4 Å². The molecule has 0 heterocycles. The second-order valence-corrected chi connectivity index (χ2v) is 12.2. The van der Waals surface area contributed by atoms with Gasteiger partial charge in [0.2, 0.25) is 5.91 Å². The van der Waals surface area contributed by atoms with Crippen molar-refractivity contribution in [1.29, 1.82) is 0 Å². The molecular formula is C33H46Cl2N2O10. The predicted octanol–water partition coefficient (Wildman–Crippen LogP) is 3.17. The van der Waals surface area contributed by atoms with Gasteiger partial charge in [-0.05, 0) is 44.8 Å². The SMILES string of the molecule is CC/C=C/C(OC(N)=O)C(Cl)C(O)CC(=O)C(O)C(O)C(C)/C(Cl)=C/C=C/C=C(C)/C=C/C=C/C(=O)NC1CC(C(=O)O)CCC1O. The Morgan fingerprint density at radius 2 is 1.68 bits per heavy atom. The van der Waals surface area contributed by atoms with E-state index in [1.54, 1.807) is 43.4 Å². The van der Waals surface area contributed by atoms with Crippen LogP contribution in [0, 0.1) is 11.8 Å². The molecule has 14 heteroatoms. The van der Waals surface area contributed by atoms with E-state index in [2.05, 4.69) is 5.32 Å². The highest BCUT2D eigenvalue weighted by atomic mass is 35.5. The lowest BCUT2D eigenvalue weighted by Gasteiger charge is -2.31. The second-order valence-electron chi connectivity index (χ2n) is 11.2. The van der Waals surface area contributed by atoms with Crippen LogP contribution >= 0.6 is 23.2 Å². The Balaban J connectivity index is 2.66. The summed E-state index contributed by atoms with van der Waals surface area (Å²) in [7, 11) is 0. The number of carboxylic acid groups (broad SMARTS) is 1. The first-order chi connectivity index (χ1) is 22.1. The largest absolute Gasteiger partial charge is 0.481 e. The molecule has 9 unspecified atom stereocenters. The van der Waals surface area contributed by atoms with Crippen LogP contribution in [0.15, 0.2) is 71.4 Å². The van der Waals surface area contributed by atoms with Gasteiger partial charge in [-0.2, -0.15) is 0 Å². The molecule has 0 aromatic heterocycles. The molecule has 1 aliphatic carbocycles. The number of aliphatic carboxylic acids is 1. The Bertz CT molecular complexity index is 1250. The van der Waals surface area contributed by atoms with E-state index in [0.29, 0.717) is 19.3 Å². The van der Waals surface area contributed by atoms with Crippen LogP contribution in [0.4, 0.5) is 4.79 Å². The van der Waals surface area contributed by atoms with Gasteiger partial charge in [0.25, 0.3) is 0 Å². The molecule has 8 N–H and O–H groups in total. The summed E-state index contributed by atoms with van der Waals surface area (Å²) in [6, 6.07) is -0.626. The number of ether oxygens (including phenoxy) is 1. The average Bonchev–Trinajstić information content (AvgIpc) is 3.02. The normalized spacial score (nSPS) is 23.5. The lowest BCUT2D eigenvalue weighted by atomic mass is 9.84. The number of halogens is 2. The Kier molecular flexibility index (Phi) is 19.2. The summed E-state index contributed by atoms with van der Waals surface area (Å²) < 4.78 is 4.88. The summed E-state index contributed by atoms with van der Waals surface area (Å²) in [5.74, 6) is -3.74. The number of amides is 2. The van der Waals surface area contributed by atoms with Crippen LogP contribution in [0.5, 0.6) is 0 Å². The van der Waals surface area contributed by atoms with Crippen LogP contribution in [0.2, 0.25) is 0 Å². The van der Waals surface area contributed by atoms with E-state index in [-0.39, 0.29) is 11.5 Å². The molecule has 2 amide bonds. The zero-order chi connectivity index (χ0) is 35.7. The van der Waals surface area contributed by atoms with Crippen molar-refractivity contribution in [2.24, 2.45) is 17.6 Å². The van der Waals surface area contributed by atoms with Crippen molar-refractivity contribution in [1.82, 2.24) is 5.32 Å². The van der Waals surface area contributed by atoms with E-state index in [9.17, 15) is 44.7 Å². The standard InChI is InChI=1S/C33H46Cl2N2O10/c1-4-5-13-27(47-33(36)46)29(35)25(39)18-26(40)31(43)30(42)20(3)22(34)12-8-6-10-19(2)11-7-9-14-28(41)37-23-17-21(32(44)45)15-16-24(23)38/h5-14,20-21,23-25,27,29-31,38-39,42-43H,4,15-18H2,1-3H3,(H2,36,46)(H,37,41)(H,44,45)/b8-6+,11-7+,13-5+,14-9+,19-10+,22-12-. The van der Waals surface area contributed by atoms with Crippen molar-refractivity contribution in [3.05, 3.63) is 71.4 Å². The molecule has 9 atom stereocenters. The molecule has 0 aliphatic heterocycles. The molecule has 12 nitrogen and oxygen atoms in total. The van der Waals surface area contributed by atoms with Crippen molar-refractivity contribution in [3.63, 3.8) is 0 Å². The van der Waals surface area contributed by atoms with Crippen molar-refractivity contribution in [3.8, 4) is 0 Å². The van der Waals surface area contributed by atoms with Gasteiger partial charge in [0.1, 0.15) is 17.6 Å². The molecule has 0 aromatic carbocycles. The number of rotatable bonds is 18. The Morgan fingerprint density at radius 1 is 1.04 bits per heavy atom. The van der Waals surface area contributed by atoms with Gasteiger partial charge >= 0.3 is 12.1 Å². The average molecular weight is 702 g/mol. The first-order valence-electron chi connectivity index (χ1n) is 15.2. The number of carboxylic acids is 1. The summed E-state index contributed by atoms with van der Waals surface area (Å²) in [6.45, 7) is 5.14. The van der Waals surface area contributed by atoms with Crippen LogP contribution < -0.4 is 11.1 Å². The molecule has 0 radical (unpaired) electrons. The van der Waals surface area contributed by atoms with Crippen molar-refractivity contribution < 1.29 is 49.4 Å². The third kappa shape index (κ3) is 15.5. The van der Waals surface area contributed by atoms with Crippen LogP contribution in [0.3, 0.4) is 0 Å². The fourth-order valence-corrected chi connectivity index (χ4v) is 5.00. The number of nitrogens with two attached hydrogens (primary N) is 1. The van der Waals surface area contributed by atoms with E-state index in [1.807, 2.05) is 6.92 Å². The molecule has 1 fully saturated rings. The Labute approximate surface area is 285 Å². The number of hydrogen-bond acceptors (Lipinski definition) is 9. The molecule has 47 heavy (non-hydrogen) atoms. The van der Waals surface area contributed by atoms with Gasteiger partial charge in [0.15, 0.2) is 5.78 Å². The molecule has 0 saturated heterocycles. The second kappa shape index (κ2) is 21.6. The summed E-state index contributed by atoms with van der Waals surface area (Å²) in [5.41, 5.74) is 5.85. The number of aliphatic hydroxyl groups excluding tert-OH is 4. The molecular weight excluding hydrogens is 655 g/mol. The van der Waals surface area contributed by atoms with Gasteiger partial charge in [0, 0.05) is 23.4 Å². The van der Waals surface area contributed by atoms with E-state index < -0.39 is 83.9 Å². The van der Waals surface area contributed by atoms with Crippen molar-refractivity contribution in [2.45, 2.75) is 94.8 Å². The smallest absolute Gasteiger partial charge is 0.405 e. The number of primary amides is 1. The summed E-state index contributed by atoms with van der Waals surface area (Å²) in [5, 5.41) is 52.1. The maximum absolute atomic E-state index is 12.6. The third-order valence-corrected chi connectivity index (χ3v) is 8.45. The molecule has 1 saturated carbocycles. The monoisotopic (exact) mass is 700 g/mol. The minimum absolute atomic E-state index is 0.143. The van der Waals surface area contributed by atoms with Gasteiger partial charge in [-0.15, -0.1) is 11.6 Å². The minimum atomic E-state index is -1.88. The van der Waals surface area contributed by atoms with Crippen molar-refractivity contribution >= 4 is 47.0 Å². The predicted molar refractivity (Wildman–Crippen MR) is 178 cm³/mol. The third-order valence-electron chi connectivity index (χ3n) is 7.44. The quantitative estimate of drug-likeness (QED) is 0.0479. The number of carbonyl (C=O) groups excluding carboxylic acids is 3. The molecule has 1 rings (SSSR count). The van der Waals surface area contributed by atoms with Gasteiger partial charge in [0.05, 0.1) is 30.3 Å². The van der Waals surface area contributed by atoms with Gasteiger partial charge in [-0.1, -0.05) is 73.6 Å². The molecule has 0 spiro atoms. The van der Waals surface area contributed by atoms with E-state index in [0.717, 1.165) is 5.57 Å². The summed E-state index contributed by atoms with van der Waals surface area (Å²) >= 11 is 12.5. The minimum Gasteiger partial charge on any atom is -0.481 e. The van der Waals surface area contributed by atoms with E-state index >= 15 is 0 Å². The van der Waals surface area contributed by atoms with Crippen LogP contribution in [-0.2, 0) is 19.1 Å². The van der Waals surface area contributed by atoms with E-state index in [1.165, 1.54) is 31.2 Å². The zero-order valence-electron chi connectivity index (χ0n) is 26.6. The number of carbonyl (C=O) groups is 4. The topological polar surface area (TPSA) is 217 Å². The first kappa shape index (κ1) is 41.8. The Morgan fingerprint density at radius 3 is 2.30 bits per heavy atom. The maximum Gasteiger partial charge on any atom is 0.405 e. The van der Waals surface area contributed by atoms with Gasteiger partial charge in [-0.25, -0.2) is 4.79 Å². The summed E-state index contributed by atoms with van der Waals surface area (Å²) in [4.78, 5) is 47.1. The van der Waals surface area contributed by atoms with Gasteiger partial charge < -0.3 is 41.3 Å². The maximum atomic E-state index is 12.6. The number of Topliss-reactive ketones (excluding diaryl/α,β-unsaturated/α-hetero) is 1. The molecule has 0 aromatic rings. The number of alkyl halides is 1. The van der Waals surface area contributed by atoms with Crippen LogP contribution in [0.1, 0.15) is 52.9 Å². The number of aliphatic hydroxyl groups is 4. The molecule has 1 aliphatic rings. The highest BCUT2D eigenvalue weighted by molar-refractivity contribution is 6.30. The van der Waals surface area contributed by atoms with E-state index in [4.69, 9.17) is 33.7 Å². The van der Waals surface area contributed by atoms with Crippen LogP contribution in [-0.4, -0.2) is 91.2 Å². The van der Waals surface area contributed by atoms with Crippen molar-refractivity contribution in [2.75, 3.05) is 0 Å².